The first-order chi connectivity index (χ1) is 10.0. The lowest BCUT2D eigenvalue weighted by molar-refractivity contribution is -0.384. The number of rotatable bonds is 5. The van der Waals surface area contributed by atoms with Crippen LogP contribution in [-0.2, 0) is 6.54 Å². The van der Waals surface area contributed by atoms with Gasteiger partial charge in [-0.3, -0.25) is 10.1 Å². The van der Waals surface area contributed by atoms with Gasteiger partial charge in [-0.2, -0.15) is 0 Å². The van der Waals surface area contributed by atoms with Crippen molar-refractivity contribution in [2.45, 2.75) is 32.2 Å². The Morgan fingerprint density at radius 1 is 1.38 bits per heavy atom. The molecule has 2 aliphatic carbocycles. The Labute approximate surface area is 125 Å². The van der Waals surface area contributed by atoms with Gasteiger partial charge in [-0.05, 0) is 49.6 Å². The summed E-state index contributed by atoms with van der Waals surface area (Å²) in [7, 11) is 2.09. The Morgan fingerprint density at radius 2 is 2.19 bits per heavy atom. The molecule has 5 heteroatoms. The van der Waals surface area contributed by atoms with E-state index >= 15 is 0 Å². The highest BCUT2D eigenvalue weighted by molar-refractivity contribution is 5.62. The maximum absolute atomic E-state index is 10.9. The number of para-hydroxylation sites is 1. The molecule has 0 amide bonds. The molecule has 2 N–H and O–H groups in total. The van der Waals surface area contributed by atoms with E-state index in [1.165, 1.54) is 31.7 Å². The standard InChI is InChI=1S/C16H23N3O2/c1-18(10-14-8-11-5-6-12(14)7-11)9-13-3-2-4-15(16(13)17)19(20)21/h2-4,11-12,14H,5-10,17H2,1H3. The summed E-state index contributed by atoms with van der Waals surface area (Å²) in [6, 6.07) is 5.07. The average Bonchev–Trinajstić information content (AvgIpc) is 3.03. The Hall–Kier alpha value is -1.62. The second-order valence-electron chi connectivity index (χ2n) is 6.74. The highest BCUT2D eigenvalue weighted by atomic mass is 16.6. The monoisotopic (exact) mass is 289 g/mol. The minimum atomic E-state index is -0.408. The molecule has 2 bridgehead atoms. The molecule has 1 aromatic carbocycles. The van der Waals surface area contributed by atoms with Gasteiger partial charge in [-0.15, -0.1) is 0 Å². The van der Waals surface area contributed by atoms with E-state index in [9.17, 15) is 10.1 Å². The minimum absolute atomic E-state index is 0.0147. The van der Waals surface area contributed by atoms with Crippen molar-refractivity contribution in [1.29, 1.82) is 0 Å². The summed E-state index contributed by atoms with van der Waals surface area (Å²) in [5.41, 5.74) is 7.11. The van der Waals surface area contributed by atoms with Crippen LogP contribution in [0.4, 0.5) is 11.4 Å². The van der Waals surface area contributed by atoms with Crippen LogP contribution >= 0.6 is 0 Å². The third-order valence-electron chi connectivity index (χ3n) is 5.24. The van der Waals surface area contributed by atoms with Gasteiger partial charge >= 0.3 is 0 Å². The summed E-state index contributed by atoms with van der Waals surface area (Å²) in [4.78, 5) is 12.8. The largest absolute Gasteiger partial charge is 0.393 e. The highest BCUT2D eigenvalue weighted by Crippen LogP contribution is 2.48. The molecule has 2 saturated carbocycles. The molecular weight excluding hydrogens is 266 g/mol. The van der Waals surface area contributed by atoms with Crippen molar-refractivity contribution < 1.29 is 4.92 Å². The quantitative estimate of drug-likeness (QED) is 0.513. The minimum Gasteiger partial charge on any atom is -0.393 e. The zero-order chi connectivity index (χ0) is 15.0. The van der Waals surface area contributed by atoms with Crippen molar-refractivity contribution >= 4 is 11.4 Å². The maximum Gasteiger partial charge on any atom is 0.292 e. The first-order valence-corrected chi connectivity index (χ1v) is 7.75. The SMILES string of the molecule is CN(Cc1cccc([N+](=O)[O-])c1N)CC1CC2CCC1C2. The molecule has 2 fully saturated rings. The van der Waals surface area contributed by atoms with Gasteiger partial charge in [0.25, 0.3) is 5.69 Å². The predicted molar refractivity (Wildman–Crippen MR) is 82.8 cm³/mol. The molecule has 0 aliphatic heterocycles. The number of nitrogen functional groups attached to an aromatic ring is 1. The molecule has 0 spiro atoms. The van der Waals surface area contributed by atoms with Gasteiger partial charge in [0.05, 0.1) is 4.92 Å². The number of anilines is 1. The van der Waals surface area contributed by atoms with Crippen molar-refractivity contribution in [3.05, 3.63) is 33.9 Å². The normalized spacial score (nSPS) is 27.4. The van der Waals surface area contributed by atoms with Crippen LogP contribution in [0.2, 0.25) is 0 Å². The van der Waals surface area contributed by atoms with E-state index in [4.69, 9.17) is 5.73 Å². The van der Waals surface area contributed by atoms with Gasteiger partial charge in [-0.25, -0.2) is 0 Å². The number of hydrogen-bond donors (Lipinski definition) is 1. The second kappa shape index (κ2) is 5.64. The molecular formula is C16H23N3O2. The van der Waals surface area contributed by atoms with Crippen LogP contribution in [-0.4, -0.2) is 23.4 Å². The zero-order valence-electron chi connectivity index (χ0n) is 12.5. The third-order valence-corrected chi connectivity index (χ3v) is 5.24. The second-order valence-corrected chi connectivity index (χ2v) is 6.74. The van der Waals surface area contributed by atoms with E-state index in [2.05, 4.69) is 11.9 Å². The van der Waals surface area contributed by atoms with Gasteiger partial charge in [0, 0.05) is 19.2 Å². The van der Waals surface area contributed by atoms with E-state index in [-0.39, 0.29) is 5.69 Å². The van der Waals surface area contributed by atoms with Gasteiger partial charge in [0.15, 0.2) is 0 Å². The molecule has 1 aromatic rings. The Morgan fingerprint density at radius 3 is 2.81 bits per heavy atom. The lowest BCUT2D eigenvalue weighted by Gasteiger charge is -2.27. The summed E-state index contributed by atoms with van der Waals surface area (Å²) in [6.45, 7) is 1.75. The molecule has 0 heterocycles. The van der Waals surface area contributed by atoms with Crippen molar-refractivity contribution in [3.8, 4) is 0 Å². The number of hydrogen-bond acceptors (Lipinski definition) is 4. The number of nitro groups is 1. The molecule has 114 valence electrons. The molecule has 0 saturated heterocycles. The van der Waals surface area contributed by atoms with Gasteiger partial charge in [0.2, 0.25) is 0 Å². The van der Waals surface area contributed by atoms with Crippen LogP contribution in [0.25, 0.3) is 0 Å². The molecule has 5 nitrogen and oxygen atoms in total. The summed E-state index contributed by atoms with van der Waals surface area (Å²) < 4.78 is 0. The Balaban J connectivity index is 1.63. The highest BCUT2D eigenvalue weighted by Gasteiger charge is 2.39. The molecule has 21 heavy (non-hydrogen) atoms. The van der Waals surface area contributed by atoms with Crippen molar-refractivity contribution in [3.63, 3.8) is 0 Å². The molecule has 3 atom stereocenters. The summed E-state index contributed by atoms with van der Waals surface area (Å²) >= 11 is 0. The smallest absolute Gasteiger partial charge is 0.292 e. The lowest BCUT2D eigenvalue weighted by atomic mass is 9.88. The summed E-state index contributed by atoms with van der Waals surface area (Å²) in [5, 5.41) is 10.9. The lowest BCUT2D eigenvalue weighted by Crippen LogP contribution is -2.28. The summed E-state index contributed by atoms with van der Waals surface area (Å²) in [6.07, 6.45) is 5.59. The van der Waals surface area contributed by atoms with E-state index in [1.807, 2.05) is 6.07 Å². The van der Waals surface area contributed by atoms with Crippen LogP contribution < -0.4 is 5.73 Å². The first-order valence-electron chi connectivity index (χ1n) is 7.75. The fourth-order valence-electron chi connectivity index (χ4n) is 4.25. The van der Waals surface area contributed by atoms with Crippen LogP contribution in [0.15, 0.2) is 18.2 Å². The van der Waals surface area contributed by atoms with Crippen LogP contribution in [0, 0.1) is 27.9 Å². The van der Waals surface area contributed by atoms with E-state index in [1.54, 1.807) is 6.07 Å². The predicted octanol–water partition coefficient (Wildman–Crippen LogP) is 3.05. The Kier molecular flexibility index (Phi) is 3.85. The third kappa shape index (κ3) is 2.88. The topological polar surface area (TPSA) is 72.4 Å². The fraction of sp³-hybridized carbons (Fsp3) is 0.625. The van der Waals surface area contributed by atoms with Crippen molar-refractivity contribution in [1.82, 2.24) is 4.90 Å². The van der Waals surface area contributed by atoms with Crippen molar-refractivity contribution in [2.75, 3.05) is 19.3 Å². The molecule has 3 unspecified atom stereocenters. The molecule has 3 rings (SSSR count). The van der Waals surface area contributed by atoms with Gasteiger partial charge in [0.1, 0.15) is 5.69 Å². The zero-order valence-corrected chi connectivity index (χ0v) is 12.5. The number of benzene rings is 1. The van der Waals surface area contributed by atoms with Crippen LogP contribution in [0.3, 0.4) is 0 Å². The van der Waals surface area contributed by atoms with E-state index in [0.29, 0.717) is 12.2 Å². The fourth-order valence-corrected chi connectivity index (χ4v) is 4.25. The molecule has 0 aromatic heterocycles. The van der Waals surface area contributed by atoms with Crippen LogP contribution in [0.5, 0.6) is 0 Å². The Bertz CT molecular complexity index is 546. The maximum atomic E-state index is 10.9. The molecule has 0 radical (unpaired) electrons. The van der Waals surface area contributed by atoms with Crippen molar-refractivity contribution in [2.24, 2.45) is 17.8 Å². The molecule has 2 aliphatic rings. The number of nitro benzene ring substituents is 1. The van der Waals surface area contributed by atoms with E-state index < -0.39 is 4.92 Å². The summed E-state index contributed by atoms with van der Waals surface area (Å²) in [5.74, 6) is 2.66. The average molecular weight is 289 g/mol. The van der Waals surface area contributed by atoms with Gasteiger partial charge in [-0.1, -0.05) is 18.6 Å². The number of fused-ring (bicyclic) bond motifs is 2. The van der Waals surface area contributed by atoms with Crippen LogP contribution in [0.1, 0.15) is 31.2 Å². The number of nitrogens with zero attached hydrogens (tertiary/aromatic N) is 2. The van der Waals surface area contributed by atoms with Gasteiger partial charge < -0.3 is 10.6 Å². The van der Waals surface area contributed by atoms with E-state index in [0.717, 1.165) is 29.9 Å². The first kappa shape index (κ1) is 14.3. The number of nitrogens with two attached hydrogens (primary N) is 1.